The molecule has 0 fully saturated rings. The molecule has 0 saturated carbocycles. The summed E-state index contributed by atoms with van der Waals surface area (Å²) in [6.45, 7) is 1.80. The number of hydrogen-bond acceptors (Lipinski definition) is 8. The highest BCUT2D eigenvalue weighted by molar-refractivity contribution is 6.32. The van der Waals surface area contributed by atoms with Crippen LogP contribution in [-0.2, 0) is 4.79 Å². The highest BCUT2D eigenvalue weighted by Crippen LogP contribution is 2.42. The molecular weight excluding hydrogens is 462 g/mol. The van der Waals surface area contributed by atoms with Crippen LogP contribution >= 0.6 is 11.6 Å². The molecule has 10 nitrogen and oxygen atoms in total. The van der Waals surface area contributed by atoms with Gasteiger partial charge in [0.25, 0.3) is 5.91 Å². The summed E-state index contributed by atoms with van der Waals surface area (Å²) in [5.74, 6) is 2.07. The number of aromatic nitrogens is 3. The third-order valence-electron chi connectivity index (χ3n) is 5.49. The predicted octanol–water partition coefficient (Wildman–Crippen LogP) is 3.89. The standard InChI is InChI=1S/C23H24ClN5O5/c1-12-20(22(30)28-16-10-18(33-4)15(24)9-19(16)34-5)21(29-23(27-12)25-11-26-29)14-8-13(31-2)6-7-17(14)32-3/h6-11,21H,1-5H3,(H,28,30)(H,25,26,27)/t21-/m1/s1. The van der Waals surface area contributed by atoms with Crippen molar-refractivity contribution in [3.05, 3.63) is 58.5 Å². The summed E-state index contributed by atoms with van der Waals surface area (Å²) < 4.78 is 23.4. The fourth-order valence-corrected chi connectivity index (χ4v) is 4.10. The van der Waals surface area contributed by atoms with E-state index in [0.717, 1.165) is 0 Å². The van der Waals surface area contributed by atoms with Gasteiger partial charge in [0, 0.05) is 23.4 Å². The largest absolute Gasteiger partial charge is 0.497 e. The van der Waals surface area contributed by atoms with Gasteiger partial charge in [-0.15, -0.1) is 0 Å². The van der Waals surface area contributed by atoms with Crippen LogP contribution < -0.4 is 29.6 Å². The molecule has 3 aromatic rings. The lowest BCUT2D eigenvalue weighted by Gasteiger charge is -2.30. The van der Waals surface area contributed by atoms with Gasteiger partial charge in [0.15, 0.2) is 0 Å². The Balaban J connectivity index is 1.83. The summed E-state index contributed by atoms with van der Waals surface area (Å²) in [6.07, 6.45) is 1.42. The van der Waals surface area contributed by atoms with Crippen molar-refractivity contribution in [2.24, 2.45) is 0 Å². The lowest BCUT2D eigenvalue weighted by Crippen LogP contribution is -2.31. The molecule has 11 heteroatoms. The number of halogens is 1. The van der Waals surface area contributed by atoms with Gasteiger partial charge < -0.3 is 29.6 Å². The van der Waals surface area contributed by atoms with E-state index in [4.69, 9.17) is 30.5 Å². The molecule has 1 aliphatic rings. The Hall–Kier alpha value is -3.92. The van der Waals surface area contributed by atoms with Crippen LogP contribution in [0.15, 0.2) is 47.9 Å². The van der Waals surface area contributed by atoms with Crippen molar-refractivity contribution in [2.45, 2.75) is 13.0 Å². The average Bonchev–Trinajstić information content (AvgIpc) is 3.31. The molecule has 0 bridgehead atoms. The molecule has 0 spiro atoms. The number of nitrogens with zero attached hydrogens (tertiary/aromatic N) is 3. The zero-order valence-corrected chi connectivity index (χ0v) is 20.1. The number of hydrogen-bond donors (Lipinski definition) is 2. The Morgan fingerprint density at radius 3 is 2.44 bits per heavy atom. The van der Waals surface area contributed by atoms with Crippen molar-refractivity contribution < 1.29 is 23.7 Å². The zero-order valence-electron chi connectivity index (χ0n) is 19.3. The first-order chi connectivity index (χ1) is 16.4. The Kier molecular flexibility index (Phi) is 6.51. The summed E-state index contributed by atoms with van der Waals surface area (Å²) in [5.41, 5.74) is 2.09. The lowest BCUT2D eigenvalue weighted by molar-refractivity contribution is -0.113. The molecule has 1 aliphatic heterocycles. The first-order valence-corrected chi connectivity index (χ1v) is 10.6. The number of methoxy groups -OCH3 is 4. The molecule has 2 aromatic carbocycles. The summed E-state index contributed by atoms with van der Waals surface area (Å²) in [7, 11) is 6.13. The third kappa shape index (κ3) is 4.08. The Morgan fingerprint density at radius 1 is 1.03 bits per heavy atom. The van der Waals surface area contributed by atoms with Gasteiger partial charge in [-0.1, -0.05) is 11.6 Å². The van der Waals surface area contributed by atoms with Crippen molar-refractivity contribution in [1.82, 2.24) is 14.8 Å². The fourth-order valence-electron chi connectivity index (χ4n) is 3.87. The van der Waals surface area contributed by atoms with Crippen molar-refractivity contribution >= 4 is 29.1 Å². The molecular formula is C23H24ClN5O5. The summed E-state index contributed by atoms with van der Waals surface area (Å²) in [5, 5.41) is 10.8. The van der Waals surface area contributed by atoms with Crippen LogP contribution in [-0.4, -0.2) is 49.1 Å². The second kappa shape index (κ2) is 9.52. The second-order valence-corrected chi connectivity index (χ2v) is 7.75. The summed E-state index contributed by atoms with van der Waals surface area (Å²) in [6, 6.07) is 7.91. The maximum atomic E-state index is 13.7. The minimum atomic E-state index is -0.649. The van der Waals surface area contributed by atoms with E-state index in [-0.39, 0.29) is 5.91 Å². The fraction of sp³-hybridized carbons (Fsp3) is 0.261. The van der Waals surface area contributed by atoms with Gasteiger partial charge in [-0.05, 0) is 25.1 Å². The Morgan fingerprint density at radius 2 is 1.76 bits per heavy atom. The van der Waals surface area contributed by atoms with E-state index in [1.54, 1.807) is 50.1 Å². The Bertz CT molecular complexity index is 1270. The van der Waals surface area contributed by atoms with Crippen LogP contribution in [0.5, 0.6) is 23.0 Å². The highest BCUT2D eigenvalue weighted by atomic mass is 35.5. The van der Waals surface area contributed by atoms with Crippen molar-refractivity contribution in [1.29, 1.82) is 0 Å². The second-order valence-electron chi connectivity index (χ2n) is 7.34. The number of anilines is 2. The summed E-state index contributed by atoms with van der Waals surface area (Å²) in [4.78, 5) is 18.0. The number of ether oxygens (including phenoxy) is 4. The number of benzene rings is 2. The van der Waals surface area contributed by atoms with Crippen molar-refractivity contribution in [2.75, 3.05) is 39.1 Å². The smallest absolute Gasteiger partial charge is 0.255 e. The van der Waals surface area contributed by atoms with Crippen molar-refractivity contribution in [3.8, 4) is 23.0 Å². The lowest BCUT2D eigenvalue weighted by atomic mass is 9.94. The van der Waals surface area contributed by atoms with E-state index < -0.39 is 6.04 Å². The number of amides is 1. The molecule has 1 aromatic heterocycles. The SMILES string of the molecule is COc1ccc(OC)c([C@@H]2C(C(=O)Nc3cc(OC)c(Cl)cc3OC)=C(C)Nc3ncnn32)c1. The van der Waals surface area contributed by atoms with E-state index in [2.05, 4.69) is 20.7 Å². The van der Waals surface area contributed by atoms with Crippen LogP contribution in [0, 0.1) is 0 Å². The molecule has 1 amide bonds. The van der Waals surface area contributed by atoms with E-state index in [0.29, 0.717) is 56.5 Å². The predicted molar refractivity (Wildman–Crippen MR) is 127 cm³/mol. The minimum Gasteiger partial charge on any atom is -0.497 e. The quantitative estimate of drug-likeness (QED) is 0.518. The van der Waals surface area contributed by atoms with Gasteiger partial charge >= 0.3 is 0 Å². The third-order valence-corrected chi connectivity index (χ3v) is 5.79. The monoisotopic (exact) mass is 485 g/mol. The molecule has 0 radical (unpaired) electrons. The van der Waals surface area contributed by atoms with E-state index in [9.17, 15) is 4.79 Å². The van der Waals surface area contributed by atoms with Gasteiger partial charge in [0.1, 0.15) is 35.4 Å². The molecule has 178 valence electrons. The van der Waals surface area contributed by atoms with Crippen LogP contribution in [0.2, 0.25) is 5.02 Å². The van der Waals surface area contributed by atoms with Gasteiger partial charge in [0.2, 0.25) is 5.95 Å². The number of nitrogens with one attached hydrogen (secondary N) is 2. The number of carbonyl (C=O) groups is 1. The maximum absolute atomic E-state index is 13.7. The molecule has 1 atom stereocenters. The normalized spacial score (nSPS) is 14.7. The first kappa shape index (κ1) is 23.2. The van der Waals surface area contributed by atoms with Gasteiger partial charge in [-0.25, -0.2) is 4.68 Å². The van der Waals surface area contributed by atoms with Gasteiger partial charge in [-0.2, -0.15) is 10.1 Å². The van der Waals surface area contributed by atoms with Crippen LogP contribution in [0.3, 0.4) is 0 Å². The van der Waals surface area contributed by atoms with Crippen LogP contribution in [0.1, 0.15) is 18.5 Å². The topological polar surface area (TPSA) is 109 Å². The van der Waals surface area contributed by atoms with Crippen LogP contribution in [0.4, 0.5) is 11.6 Å². The number of fused-ring (bicyclic) bond motifs is 1. The van der Waals surface area contributed by atoms with E-state index in [1.165, 1.54) is 20.5 Å². The molecule has 2 heterocycles. The number of carbonyl (C=O) groups excluding carboxylic acids is 1. The van der Waals surface area contributed by atoms with Crippen LogP contribution in [0.25, 0.3) is 0 Å². The average molecular weight is 486 g/mol. The van der Waals surface area contributed by atoms with Gasteiger partial charge in [0.05, 0.1) is 44.7 Å². The molecule has 0 unspecified atom stereocenters. The zero-order chi connectivity index (χ0) is 24.4. The van der Waals surface area contributed by atoms with E-state index in [1.807, 2.05) is 6.07 Å². The molecule has 34 heavy (non-hydrogen) atoms. The first-order valence-electron chi connectivity index (χ1n) is 10.2. The molecule has 0 saturated heterocycles. The van der Waals surface area contributed by atoms with Crippen molar-refractivity contribution in [3.63, 3.8) is 0 Å². The minimum absolute atomic E-state index is 0.360. The maximum Gasteiger partial charge on any atom is 0.255 e. The van der Waals surface area contributed by atoms with Gasteiger partial charge in [-0.3, -0.25) is 4.79 Å². The molecule has 4 rings (SSSR count). The van der Waals surface area contributed by atoms with E-state index >= 15 is 0 Å². The molecule has 0 aliphatic carbocycles. The number of allylic oxidation sites excluding steroid dienone is 1. The molecule has 2 N–H and O–H groups in total. The Labute approximate surface area is 201 Å². The summed E-state index contributed by atoms with van der Waals surface area (Å²) >= 11 is 6.22. The highest BCUT2D eigenvalue weighted by Gasteiger charge is 2.35. The number of rotatable bonds is 7.